The maximum atomic E-state index is 10.1. The van der Waals surface area contributed by atoms with Gasteiger partial charge in [-0.15, -0.1) is 0 Å². The Hall–Kier alpha value is -0.900. The molecular weight excluding hydrogens is 212 g/mol. The zero-order chi connectivity index (χ0) is 12.1. The number of piperazine rings is 1. The highest BCUT2D eigenvalue weighted by Gasteiger charge is 2.15. The Morgan fingerprint density at radius 3 is 2.41 bits per heavy atom. The van der Waals surface area contributed by atoms with Gasteiger partial charge >= 0.3 is 0 Å². The molecule has 17 heavy (non-hydrogen) atoms. The van der Waals surface area contributed by atoms with E-state index >= 15 is 0 Å². The minimum atomic E-state index is -0.323. The van der Waals surface area contributed by atoms with E-state index in [1.165, 1.54) is 0 Å². The number of aliphatic hydroxyl groups excluding tert-OH is 1. The zero-order valence-electron chi connectivity index (χ0n) is 10.5. The van der Waals surface area contributed by atoms with Crippen molar-refractivity contribution in [3.05, 3.63) is 35.9 Å². The summed E-state index contributed by atoms with van der Waals surface area (Å²) in [5.74, 6) is 0. The number of rotatable bonds is 4. The maximum absolute atomic E-state index is 10.1. The van der Waals surface area contributed by atoms with Crippen LogP contribution in [-0.2, 0) is 0 Å². The van der Waals surface area contributed by atoms with Crippen molar-refractivity contribution < 1.29 is 5.11 Å². The average molecular weight is 234 g/mol. The van der Waals surface area contributed by atoms with Crippen molar-refractivity contribution in [2.45, 2.75) is 12.5 Å². The standard InChI is InChI=1S/C14H22N2O/c1-15-9-11-16(12-10-15)8-7-14(17)13-5-3-2-4-6-13/h2-6,14,17H,7-12H2,1H3/t14-/m1/s1. The van der Waals surface area contributed by atoms with Crippen LogP contribution in [0.1, 0.15) is 18.1 Å². The molecule has 94 valence electrons. The van der Waals surface area contributed by atoms with Gasteiger partial charge in [-0.25, -0.2) is 0 Å². The van der Waals surface area contributed by atoms with Crippen molar-refractivity contribution in [3.8, 4) is 0 Å². The zero-order valence-corrected chi connectivity index (χ0v) is 10.5. The van der Waals surface area contributed by atoms with E-state index in [9.17, 15) is 5.11 Å². The summed E-state index contributed by atoms with van der Waals surface area (Å²) in [5.41, 5.74) is 1.03. The molecule has 1 aromatic rings. The lowest BCUT2D eigenvalue weighted by molar-refractivity contribution is 0.113. The summed E-state index contributed by atoms with van der Waals surface area (Å²) in [5, 5.41) is 10.1. The highest BCUT2D eigenvalue weighted by Crippen LogP contribution is 2.16. The average Bonchev–Trinajstić information content (AvgIpc) is 2.39. The lowest BCUT2D eigenvalue weighted by Gasteiger charge is -2.32. The molecule has 0 saturated carbocycles. The predicted molar refractivity (Wildman–Crippen MR) is 70.0 cm³/mol. The van der Waals surface area contributed by atoms with E-state index in [4.69, 9.17) is 0 Å². The van der Waals surface area contributed by atoms with E-state index in [-0.39, 0.29) is 6.10 Å². The molecule has 0 amide bonds. The molecule has 1 aliphatic rings. The summed E-state index contributed by atoms with van der Waals surface area (Å²) in [6.07, 6.45) is 0.504. The normalized spacial score (nSPS) is 20.4. The fourth-order valence-electron chi connectivity index (χ4n) is 2.22. The second-order valence-corrected chi connectivity index (χ2v) is 4.86. The summed E-state index contributed by atoms with van der Waals surface area (Å²) < 4.78 is 0. The number of hydrogen-bond donors (Lipinski definition) is 1. The van der Waals surface area contributed by atoms with Gasteiger partial charge in [0, 0.05) is 32.7 Å². The van der Waals surface area contributed by atoms with Crippen molar-refractivity contribution >= 4 is 0 Å². The molecule has 0 aliphatic carbocycles. The molecule has 1 N–H and O–H groups in total. The number of benzene rings is 1. The minimum absolute atomic E-state index is 0.323. The van der Waals surface area contributed by atoms with Gasteiger partial charge in [0.05, 0.1) is 6.10 Å². The molecule has 0 radical (unpaired) electrons. The van der Waals surface area contributed by atoms with Crippen LogP contribution < -0.4 is 0 Å². The Morgan fingerprint density at radius 1 is 1.12 bits per heavy atom. The number of likely N-dealkylation sites (N-methyl/N-ethyl adjacent to an activating group) is 1. The van der Waals surface area contributed by atoms with Gasteiger partial charge in [-0.05, 0) is 19.0 Å². The molecule has 2 rings (SSSR count). The Morgan fingerprint density at radius 2 is 1.76 bits per heavy atom. The van der Waals surface area contributed by atoms with Crippen LogP contribution in [0.15, 0.2) is 30.3 Å². The van der Waals surface area contributed by atoms with Gasteiger partial charge < -0.3 is 14.9 Å². The third-order valence-electron chi connectivity index (χ3n) is 3.50. The second-order valence-electron chi connectivity index (χ2n) is 4.86. The molecule has 0 aromatic heterocycles. The minimum Gasteiger partial charge on any atom is -0.388 e. The Bertz CT molecular complexity index is 320. The molecule has 3 nitrogen and oxygen atoms in total. The quantitative estimate of drug-likeness (QED) is 0.852. The van der Waals surface area contributed by atoms with Crippen LogP contribution in [0.3, 0.4) is 0 Å². The first-order valence-corrected chi connectivity index (χ1v) is 6.39. The molecule has 1 saturated heterocycles. The fraction of sp³-hybridized carbons (Fsp3) is 0.571. The molecule has 1 aliphatic heterocycles. The van der Waals surface area contributed by atoms with Crippen LogP contribution in [0.5, 0.6) is 0 Å². The summed E-state index contributed by atoms with van der Waals surface area (Å²) in [4.78, 5) is 4.79. The van der Waals surface area contributed by atoms with Crippen molar-refractivity contribution in [3.63, 3.8) is 0 Å². The maximum Gasteiger partial charge on any atom is 0.0802 e. The molecule has 1 aromatic carbocycles. The van der Waals surface area contributed by atoms with Crippen LogP contribution in [0, 0.1) is 0 Å². The van der Waals surface area contributed by atoms with Gasteiger partial charge in [-0.1, -0.05) is 30.3 Å². The third-order valence-corrected chi connectivity index (χ3v) is 3.50. The van der Waals surface area contributed by atoms with Gasteiger partial charge in [0.25, 0.3) is 0 Å². The molecule has 0 bridgehead atoms. The first-order chi connectivity index (χ1) is 8.25. The predicted octanol–water partition coefficient (Wildman–Crippen LogP) is 1.36. The van der Waals surface area contributed by atoms with Crippen molar-refractivity contribution in [1.29, 1.82) is 0 Å². The summed E-state index contributed by atoms with van der Waals surface area (Å²) >= 11 is 0. The van der Waals surface area contributed by atoms with Crippen LogP contribution >= 0.6 is 0 Å². The summed E-state index contributed by atoms with van der Waals surface area (Å²) in [7, 11) is 2.16. The van der Waals surface area contributed by atoms with Gasteiger partial charge in [0.2, 0.25) is 0 Å². The van der Waals surface area contributed by atoms with E-state index in [0.29, 0.717) is 0 Å². The van der Waals surface area contributed by atoms with Gasteiger partial charge in [-0.2, -0.15) is 0 Å². The molecule has 1 fully saturated rings. The van der Waals surface area contributed by atoms with Crippen LogP contribution in [0.4, 0.5) is 0 Å². The lowest BCUT2D eigenvalue weighted by Crippen LogP contribution is -2.44. The number of nitrogens with zero attached hydrogens (tertiary/aromatic N) is 2. The van der Waals surface area contributed by atoms with Crippen molar-refractivity contribution in [2.24, 2.45) is 0 Å². The smallest absolute Gasteiger partial charge is 0.0802 e. The third kappa shape index (κ3) is 3.80. The van der Waals surface area contributed by atoms with Gasteiger partial charge in [0.15, 0.2) is 0 Å². The van der Waals surface area contributed by atoms with E-state index in [1.54, 1.807) is 0 Å². The second kappa shape index (κ2) is 6.15. The van der Waals surface area contributed by atoms with E-state index < -0.39 is 0 Å². The molecule has 1 heterocycles. The SMILES string of the molecule is CN1CCN(CC[C@@H](O)c2ccccc2)CC1. The summed E-state index contributed by atoms with van der Waals surface area (Å²) in [6, 6.07) is 9.93. The largest absolute Gasteiger partial charge is 0.388 e. The highest BCUT2D eigenvalue weighted by molar-refractivity contribution is 5.17. The molecular formula is C14H22N2O. The first-order valence-electron chi connectivity index (χ1n) is 6.39. The first kappa shape index (κ1) is 12.6. The molecule has 0 unspecified atom stereocenters. The van der Waals surface area contributed by atoms with E-state index in [0.717, 1.165) is 44.7 Å². The van der Waals surface area contributed by atoms with Crippen molar-refractivity contribution in [1.82, 2.24) is 9.80 Å². The van der Waals surface area contributed by atoms with E-state index in [1.807, 2.05) is 30.3 Å². The molecule has 1 atom stereocenters. The van der Waals surface area contributed by atoms with Crippen LogP contribution in [0.2, 0.25) is 0 Å². The van der Waals surface area contributed by atoms with Gasteiger partial charge in [-0.3, -0.25) is 0 Å². The molecule has 0 spiro atoms. The lowest BCUT2D eigenvalue weighted by atomic mass is 10.1. The Kier molecular flexibility index (Phi) is 4.54. The van der Waals surface area contributed by atoms with Crippen molar-refractivity contribution in [2.75, 3.05) is 39.8 Å². The number of hydrogen-bond acceptors (Lipinski definition) is 3. The van der Waals surface area contributed by atoms with E-state index in [2.05, 4.69) is 16.8 Å². The van der Waals surface area contributed by atoms with Crippen LogP contribution in [0.25, 0.3) is 0 Å². The monoisotopic (exact) mass is 234 g/mol. The molecule has 3 heteroatoms. The summed E-state index contributed by atoms with van der Waals surface area (Å²) in [6.45, 7) is 5.52. The Balaban J connectivity index is 1.75. The van der Waals surface area contributed by atoms with Crippen LogP contribution in [-0.4, -0.2) is 54.7 Å². The number of aliphatic hydroxyl groups is 1. The topological polar surface area (TPSA) is 26.7 Å². The Labute approximate surface area is 104 Å². The van der Waals surface area contributed by atoms with Gasteiger partial charge in [0.1, 0.15) is 0 Å². The highest BCUT2D eigenvalue weighted by atomic mass is 16.3. The fourth-order valence-corrected chi connectivity index (χ4v) is 2.22.